The molecule has 0 amide bonds. The van der Waals surface area contributed by atoms with Crippen molar-refractivity contribution in [3.05, 3.63) is 60.0 Å². The van der Waals surface area contributed by atoms with E-state index in [9.17, 15) is 16.8 Å². The second kappa shape index (κ2) is 8.35. The largest absolute Gasteiger partial charge is 0.337 e. The summed E-state index contributed by atoms with van der Waals surface area (Å²) in [7, 11) is -7.26. The number of nitrogens with two attached hydrogens (primary N) is 1. The predicted octanol–water partition coefficient (Wildman–Crippen LogP) is 3.20. The van der Waals surface area contributed by atoms with Gasteiger partial charge in [0.25, 0.3) is 0 Å². The lowest BCUT2D eigenvalue weighted by atomic mass is 10.2. The molecule has 5 N–H and O–H groups in total. The molecule has 0 aliphatic rings. The van der Waals surface area contributed by atoms with E-state index < -0.39 is 20.0 Å². The van der Waals surface area contributed by atoms with Gasteiger partial charge in [-0.1, -0.05) is 12.1 Å². The van der Waals surface area contributed by atoms with Gasteiger partial charge in [0, 0.05) is 5.69 Å². The molecule has 0 atom stereocenters. The van der Waals surface area contributed by atoms with Crippen LogP contribution in [0, 0.1) is 0 Å². The molecular formula is C19H18N6O4S3. The minimum atomic E-state index is -3.79. The molecule has 32 heavy (non-hydrogen) atoms. The van der Waals surface area contributed by atoms with Crippen LogP contribution in [0.25, 0.3) is 10.2 Å². The van der Waals surface area contributed by atoms with E-state index in [-0.39, 0.29) is 10.8 Å². The quantitative estimate of drug-likeness (QED) is 0.308. The summed E-state index contributed by atoms with van der Waals surface area (Å²) in [6, 6.07) is 14.6. The molecule has 0 saturated carbocycles. The lowest BCUT2D eigenvalue weighted by Gasteiger charge is -2.14. The fourth-order valence-electron chi connectivity index (χ4n) is 2.87. The average molecular weight is 491 g/mol. The Morgan fingerprint density at radius 2 is 1.56 bits per heavy atom. The lowest BCUT2D eigenvalue weighted by molar-refractivity contribution is 0.597. The number of primary sulfonamides is 1. The zero-order valence-electron chi connectivity index (χ0n) is 16.6. The molecule has 0 fully saturated rings. The number of anilines is 5. The van der Waals surface area contributed by atoms with Gasteiger partial charge in [0.15, 0.2) is 5.82 Å². The Bertz CT molecular complexity index is 1500. The second-order valence-electron chi connectivity index (χ2n) is 6.77. The fraction of sp³-hybridized carbons (Fsp3) is 0.0526. The number of sulfonamides is 2. The summed E-state index contributed by atoms with van der Waals surface area (Å²) in [5, 5.41) is 13.2. The highest BCUT2D eigenvalue weighted by molar-refractivity contribution is 7.92. The van der Waals surface area contributed by atoms with Gasteiger partial charge >= 0.3 is 0 Å². The number of nitrogens with one attached hydrogen (secondary N) is 3. The maximum atomic E-state index is 11.7. The number of hydrogen-bond acceptors (Lipinski definition) is 9. The van der Waals surface area contributed by atoms with Gasteiger partial charge in [0.05, 0.1) is 32.7 Å². The van der Waals surface area contributed by atoms with Crippen molar-refractivity contribution in [3.8, 4) is 0 Å². The molecule has 2 heterocycles. The summed E-state index contributed by atoms with van der Waals surface area (Å²) in [6.45, 7) is 0. The molecule has 0 radical (unpaired) electrons. The Morgan fingerprint density at radius 1 is 0.875 bits per heavy atom. The second-order valence-corrected chi connectivity index (χ2v) is 11.0. The summed E-state index contributed by atoms with van der Waals surface area (Å²) in [6.07, 6.45) is 1.08. The highest BCUT2D eigenvalue weighted by Gasteiger charge is 2.13. The molecule has 0 spiro atoms. The van der Waals surface area contributed by atoms with Gasteiger partial charge in [0.2, 0.25) is 26.0 Å². The number of thiophene rings is 1. The van der Waals surface area contributed by atoms with E-state index in [0.29, 0.717) is 28.4 Å². The van der Waals surface area contributed by atoms with E-state index in [1.807, 2.05) is 11.4 Å². The topological polar surface area (TPSA) is 156 Å². The predicted molar refractivity (Wildman–Crippen MR) is 127 cm³/mol. The first-order valence-electron chi connectivity index (χ1n) is 9.07. The van der Waals surface area contributed by atoms with Crippen LogP contribution in [0.5, 0.6) is 0 Å². The van der Waals surface area contributed by atoms with Crippen molar-refractivity contribution in [2.45, 2.75) is 4.90 Å². The number of hydrogen-bond donors (Lipinski definition) is 4. The van der Waals surface area contributed by atoms with Crippen LogP contribution in [-0.4, -0.2) is 33.1 Å². The van der Waals surface area contributed by atoms with Crippen molar-refractivity contribution >= 4 is 70.4 Å². The standard InChI is InChI=1S/C19H18N6O4S3/c1-31(26,27)25-15-5-3-2-4-14(15)22-18-17-16(10-11-30-17)23-19(24-18)21-12-6-8-13(9-7-12)32(20,28)29/h2-11,25H,1H3,(H2,20,28,29)(H2,21,22,23,24). The Morgan fingerprint density at radius 3 is 2.22 bits per heavy atom. The first-order chi connectivity index (χ1) is 15.1. The van der Waals surface area contributed by atoms with E-state index >= 15 is 0 Å². The van der Waals surface area contributed by atoms with Gasteiger partial charge in [-0.05, 0) is 47.8 Å². The fourth-order valence-corrected chi connectivity index (χ4v) is 4.74. The molecule has 0 aliphatic heterocycles. The number of aromatic nitrogens is 2. The van der Waals surface area contributed by atoms with Crippen LogP contribution in [0.2, 0.25) is 0 Å². The molecule has 13 heteroatoms. The van der Waals surface area contributed by atoms with E-state index in [1.54, 1.807) is 36.4 Å². The van der Waals surface area contributed by atoms with Crippen molar-refractivity contribution in [1.82, 2.24) is 9.97 Å². The van der Waals surface area contributed by atoms with Gasteiger partial charge in [-0.2, -0.15) is 4.98 Å². The van der Waals surface area contributed by atoms with Crippen LogP contribution in [-0.2, 0) is 20.0 Å². The Balaban J connectivity index is 1.68. The summed E-state index contributed by atoms with van der Waals surface area (Å²) in [5.74, 6) is 0.756. The normalized spacial score (nSPS) is 11.9. The number of benzene rings is 2. The molecular weight excluding hydrogens is 472 g/mol. The summed E-state index contributed by atoms with van der Waals surface area (Å²) in [5.41, 5.74) is 2.16. The third-order valence-corrected chi connectivity index (χ3v) is 6.65. The van der Waals surface area contributed by atoms with Gasteiger partial charge in [0.1, 0.15) is 0 Å². The monoisotopic (exact) mass is 490 g/mol. The highest BCUT2D eigenvalue weighted by Crippen LogP contribution is 2.33. The third-order valence-electron chi connectivity index (χ3n) is 4.22. The van der Waals surface area contributed by atoms with E-state index in [4.69, 9.17) is 5.14 Å². The molecule has 166 valence electrons. The Hall–Kier alpha value is -3.26. The Kier molecular flexibility index (Phi) is 5.73. The zero-order valence-corrected chi connectivity index (χ0v) is 19.1. The van der Waals surface area contributed by atoms with Crippen LogP contribution >= 0.6 is 11.3 Å². The van der Waals surface area contributed by atoms with E-state index in [1.165, 1.54) is 23.5 Å². The molecule has 0 saturated heterocycles. The lowest BCUT2D eigenvalue weighted by Crippen LogP contribution is -2.12. The summed E-state index contributed by atoms with van der Waals surface area (Å²) < 4.78 is 49.5. The van der Waals surface area contributed by atoms with Crippen LogP contribution in [0.3, 0.4) is 0 Å². The molecule has 0 unspecified atom stereocenters. The average Bonchev–Trinajstić information content (AvgIpc) is 3.17. The maximum absolute atomic E-state index is 11.7. The molecule has 0 aliphatic carbocycles. The van der Waals surface area contributed by atoms with Crippen LogP contribution in [0.4, 0.5) is 28.8 Å². The van der Waals surface area contributed by atoms with E-state index in [0.717, 1.165) is 11.0 Å². The first-order valence-corrected chi connectivity index (χ1v) is 13.4. The molecule has 4 aromatic rings. The van der Waals surface area contributed by atoms with Crippen molar-refractivity contribution < 1.29 is 16.8 Å². The Labute approximate surface area is 188 Å². The van der Waals surface area contributed by atoms with E-state index in [2.05, 4.69) is 25.3 Å². The smallest absolute Gasteiger partial charge is 0.238 e. The van der Waals surface area contributed by atoms with Gasteiger partial charge < -0.3 is 10.6 Å². The number of fused-ring (bicyclic) bond motifs is 1. The summed E-state index contributed by atoms with van der Waals surface area (Å²) >= 11 is 1.44. The van der Waals surface area contributed by atoms with Crippen molar-refractivity contribution in [1.29, 1.82) is 0 Å². The van der Waals surface area contributed by atoms with Crippen molar-refractivity contribution in [2.24, 2.45) is 5.14 Å². The van der Waals surface area contributed by atoms with Gasteiger partial charge in [-0.25, -0.2) is 27.0 Å². The number of para-hydroxylation sites is 2. The van der Waals surface area contributed by atoms with Crippen LogP contribution in [0.15, 0.2) is 64.9 Å². The van der Waals surface area contributed by atoms with Crippen molar-refractivity contribution in [3.63, 3.8) is 0 Å². The maximum Gasteiger partial charge on any atom is 0.238 e. The number of rotatable bonds is 7. The SMILES string of the molecule is CS(=O)(=O)Nc1ccccc1Nc1nc(Nc2ccc(S(N)(=O)=O)cc2)nc2ccsc12. The van der Waals surface area contributed by atoms with Gasteiger partial charge in [-0.3, -0.25) is 4.72 Å². The van der Waals surface area contributed by atoms with Crippen LogP contribution in [0.1, 0.15) is 0 Å². The molecule has 10 nitrogen and oxygen atoms in total. The first kappa shape index (κ1) is 22.0. The van der Waals surface area contributed by atoms with Gasteiger partial charge in [-0.15, -0.1) is 11.3 Å². The molecule has 2 aromatic carbocycles. The summed E-state index contributed by atoms with van der Waals surface area (Å²) in [4.78, 5) is 9.00. The molecule has 2 aromatic heterocycles. The van der Waals surface area contributed by atoms with Crippen molar-refractivity contribution in [2.75, 3.05) is 21.6 Å². The molecule has 4 rings (SSSR count). The minimum Gasteiger partial charge on any atom is -0.337 e. The minimum absolute atomic E-state index is 0.00501. The zero-order chi connectivity index (χ0) is 22.9. The highest BCUT2D eigenvalue weighted by atomic mass is 32.2. The van der Waals surface area contributed by atoms with Crippen LogP contribution < -0.4 is 20.5 Å². The third kappa shape index (κ3) is 5.13. The molecule has 0 bridgehead atoms. The number of nitrogens with zero attached hydrogens (tertiary/aromatic N) is 2.